The smallest absolute Gasteiger partial charge is 0.0918 e. The fraction of sp³-hybridized carbons (Fsp3) is 0.286. The van der Waals surface area contributed by atoms with Crippen LogP contribution in [-0.4, -0.2) is 19.6 Å². The topological polar surface area (TPSA) is 35.6 Å². The van der Waals surface area contributed by atoms with Gasteiger partial charge >= 0.3 is 0 Å². The van der Waals surface area contributed by atoms with Gasteiger partial charge < -0.3 is 0 Å². The van der Waals surface area contributed by atoms with Gasteiger partial charge in [-0.2, -0.15) is 10.2 Å². The lowest BCUT2D eigenvalue weighted by molar-refractivity contribution is 0.634. The lowest BCUT2D eigenvalue weighted by atomic mass is 10.2. The van der Waals surface area contributed by atoms with E-state index in [1.165, 1.54) is 5.39 Å². The molecule has 0 unspecified atom stereocenters. The van der Waals surface area contributed by atoms with Crippen LogP contribution in [0.2, 0.25) is 0 Å². The van der Waals surface area contributed by atoms with Crippen LogP contribution in [0.1, 0.15) is 17.1 Å². The molecule has 1 aromatic carbocycles. The first kappa shape index (κ1) is 12.4. The van der Waals surface area contributed by atoms with Gasteiger partial charge in [-0.15, -0.1) is 0 Å². The van der Waals surface area contributed by atoms with E-state index in [1.54, 1.807) is 0 Å². The number of fused-ring (bicyclic) bond motifs is 1. The minimum atomic E-state index is 0.694. The van der Waals surface area contributed by atoms with Crippen molar-refractivity contribution in [3.63, 3.8) is 0 Å². The second-order valence-corrected chi connectivity index (χ2v) is 5.52. The molecule has 0 aliphatic rings. The largest absolute Gasteiger partial charge is 0.268 e. The molecule has 19 heavy (non-hydrogen) atoms. The van der Waals surface area contributed by atoms with Crippen molar-refractivity contribution in [2.45, 2.75) is 20.4 Å². The Morgan fingerprint density at radius 3 is 2.58 bits per heavy atom. The third-order valence-corrected chi connectivity index (χ3v) is 4.57. The number of benzene rings is 1. The van der Waals surface area contributed by atoms with E-state index in [0.29, 0.717) is 6.54 Å². The highest BCUT2D eigenvalue weighted by molar-refractivity contribution is 9.10. The molecular formula is C14H15BrN4. The molecule has 5 heteroatoms. The molecule has 0 spiro atoms. The van der Waals surface area contributed by atoms with Gasteiger partial charge in [0.25, 0.3) is 0 Å². The van der Waals surface area contributed by atoms with Crippen LogP contribution in [-0.2, 0) is 13.6 Å². The number of hydrogen-bond acceptors (Lipinski definition) is 2. The van der Waals surface area contributed by atoms with E-state index in [9.17, 15) is 0 Å². The van der Waals surface area contributed by atoms with Crippen molar-refractivity contribution in [1.82, 2.24) is 19.6 Å². The molecule has 3 rings (SSSR count). The molecule has 0 aliphatic heterocycles. The maximum atomic E-state index is 4.61. The zero-order valence-electron chi connectivity index (χ0n) is 11.2. The van der Waals surface area contributed by atoms with Gasteiger partial charge in [0.05, 0.1) is 33.6 Å². The number of nitrogens with zero attached hydrogens (tertiary/aromatic N) is 4. The molecule has 2 aromatic heterocycles. The van der Waals surface area contributed by atoms with Gasteiger partial charge in [-0.05, 0) is 35.8 Å². The Kier molecular flexibility index (Phi) is 2.93. The predicted octanol–water partition coefficient (Wildman–Crippen LogP) is 3.20. The first-order chi connectivity index (χ1) is 9.08. The second kappa shape index (κ2) is 4.49. The van der Waals surface area contributed by atoms with Crippen molar-refractivity contribution in [3.8, 4) is 0 Å². The molecule has 3 aromatic rings. The average Bonchev–Trinajstić information content (AvgIpc) is 2.84. The number of halogens is 1. The first-order valence-corrected chi connectivity index (χ1v) is 6.97. The third kappa shape index (κ3) is 1.98. The van der Waals surface area contributed by atoms with Crippen molar-refractivity contribution in [2.24, 2.45) is 7.05 Å². The summed E-state index contributed by atoms with van der Waals surface area (Å²) >= 11 is 3.56. The number of hydrogen-bond donors (Lipinski definition) is 0. The molecule has 2 heterocycles. The van der Waals surface area contributed by atoms with E-state index in [-0.39, 0.29) is 0 Å². The lowest BCUT2D eigenvalue weighted by Crippen LogP contribution is -2.05. The summed E-state index contributed by atoms with van der Waals surface area (Å²) < 4.78 is 4.99. The van der Waals surface area contributed by atoms with E-state index in [1.807, 2.05) is 35.5 Å². The second-order valence-electron chi connectivity index (χ2n) is 4.73. The summed E-state index contributed by atoms with van der Waals surface area (Å²) in [4.78, 5) is 0. The van der Waals surface area contributed by atoms with Gasteiger partial charge in [-0.1, -0.05) is 18.2 Å². The van der Waals surface area contributed by atoms with E-state index >= 15 is 0 Å². The highest BCUT2D eigenvalue weighted by Gasteiger charge is 2.13. The minimum Gasteiger partial charge on any atom is -0.268 e. The van der Waals surface area contributed by atoms with Crippen LogP contribution in [0, 0.1) is 13.8 Å². The number of aromatic nitrogens is 4. The van der Waals surface area contributed by atoms with Gasteiger partial charge in [0.1, 0.15) is 0 Å². The number of aryl methyl sites for hydroxylation is 2. The highest BCUT2D eigenvalue weighted by Crippen LogP contribution is 2.23. The minimum absolute atomic E-state index is 0.694. The van der Waals surface area contributed by atoms with E-state index in [2.05, 4.69) is 45.2 Å². The molecular weight excluding hydrogens is 304 g/mol. The Morgan fingerprint density at radius 2 is 1.89 bits per heavy atom. The summed E-state index contributed by atoms with van der Waals surface area (Å²) in [6, 6.07) is 8.28. The molecule has 0 saturated carbocycles. The summed E-state index contributed by atoms with van der Waals surface area (Å²) in [6.07, 6.45) is 0. The third-order valence-electron chi connectivity index (χ3n) is 3.43. The molecule has 0 aliphatic carbocycles. The molecule has 0 N–H and O–H groups in total. The summed E-state index contributed by atoms with van der Waals surface area (Å²) in [5, 5.41) is 10.3. The van der Waals surface area contributed by atoms with E-state index in [0.717, 1.165) is 27.1 Å². The molecule has 0 amide bonds. The normalized spacial score (nSPS) is 11.4. The van der Waals surface area contributed by atoms with Gasteiger partial charge in [-0.25, -0.2) is 0 Å². The zero-order chi connectivity index (χ0) is 13.6. The van der Waals surface area contributed by atoms with Crippen molar-refractivity contribution >= 4 is 26.8 Å². The summed E-state index contributed by atoms with van der Waals surface area (Å²) in [7, 11) is 1.98. The van der Waals surface area contributed by atoms with Crippen LogP contribution in [0.15, 0.2) is 28.7 Å². The quantitative estimate of drug-likeness (QED) is 0.727. The Hall–Kier alpha value is -1.62. The fourth-order valence-corrected chi connectivity index (χ4v) is 2.66. The van der Waals surface area contributed by atoms with Gasteiger partial charge in [0.2, 0.25) is 0 Å². The molecule has 0 radical (unpaired) electrons. The average molecular weight is 319 g/mol. The number of para-hydroxylation sites is 1. The fourth-order valence-electron chi connectivity index (χ4n) is 2.38. The molecule has 98 valence electrons. The molecule has 0 bridgehead atoms. The standard InChI is InChI=1S/C14H15BrN4/c1-9-14(15)10(2)19(16-9)8-12-11-6-4-5-7-13(11)18(3)17-12/h4-7H,8H2,1-3H3. The van der Waals surface area contributed by atoms with Crippen LogP contribution in [0.5, 0.6) is 0 Å². The summed E-state index contributed by atoms with van der Waals surface area (Å²) in [5.74, 6) is 0. The molecule has 0 atom stereocenters. The van der Waals surface area contributed by atoms with Crippen LogP contribution < -0.4 is 0 Å². The van der Waals surface area contributed by atoms with E-state index < -0.39 is 0 Å². The molecule has 0 saturated heterocycles. The molecule has 4 nitrogen and oxygen atoms in total. The Morgan fingerprint density at radius 1 is 1.16 bits per heavy atom. The van der Waals surface area contributed by atoms with Gasteiger partial charge in [-0.3, -0.25) is 9.36 Å². The van der Waals surface area contributed by atoms with Gasteiger partial charge in [0, 0.05) is 12.4 Å². The van der Waals surface area contributed by atoms with Crippen LogP contribution in [0.4, 0.5) is 0 Å². The van der Waals surface area contributed by atoms with Crippen molar-refractivity contribution in [1.29, 1.82) is 0 Å². The number of rotatable bonds is 2. The SMILES string of the molecule is Cc1nn(Cc2nn(C)c3ccccc23)c(C)c1Br. The summed E-state index contributed by atoms with van der Waals surface area (Å²) in [6.45, 7) is 4.76. The lowest BCUT2D eigenvalue weighted by Gasteiger charge is -2.02. The van der Waals surface area contributed by atoms with Crippen LogP contribution in [0.25, 0.3) is 10.9 Å². The Balaban J connectivity index is 2.08. The van der Waals surface area contributed by atoms with Crippen LogP contribution in [0.3, 0.4) is 0 Å². The first-order valence-electron chi connectivity index (χ1n) is 6.18. The monoisotopic (exact) mass is 318 g/mol. The van der Waals surface area contributed by atoms with Crippen molar-refractivity contribution in [2.75, 3.05) is 0 Å². The van der Waals surface area contributed by atoms with Crippen molar-refractivity contribution in [3.05, 3.63) is 45.8 Å². The van der Waals surface area contributed by atoms with E-state index in [4.69, 9.17) is 0 Å². The Bertz CT molecular complexity index is 754. The van der Waals surface area contributed by atoms with Gasteiger partial charge in [0.15, 0.2) is 0 Å². The molecule has 0 fully saturated rings. The summed E-state index contributed by atoms with van der Waals surface area (Å²) in [5.41, 5.74) is 4.35. The zero-order valence-corrected chi connectivity index (χ0v) is 12.8. The Labute approximate surface area is 120 Å². The van der Waals surface area contributed by atoms with Crippen molar-refractivity contribution < 1.29 is 0 Å². The maximum absolute atomic E-state index is 4.61. The predicted molar refractivity (Wildman–Crippen MR) is 79.2 cm³/mol. The van der Waals surface area contributed by atoms with Crippen LogP contribution >= 0.6 is 15.9 Å². The highest BCUT2D eigenvalue weighted by atomic mass is 79.9. The maximum Gasteiger partial charge on any atom is 0.0918 e.